The van der Waals surface area contributed by atoms with E-state index in [1.165, 1.54) is 22.2 Å². The lowest BCUT2D eigenvalue weighted by atomic mass is 10.1. The van der Waals surface area contributed by atoms with E-state index in [2.05, 4.69) is 64.0 Å². The topological polar surface area (TPSA) is 72.7 Å². The molecule has 32 heavy (non-hydrogen) atoms. The highest BCUT2D eigenvalue weighted by Gasteiger charge is 2.23. The van der Waals surface area contributed by atoms with Crippen LogP contribution in [0.3, 0.4) is 0 Å². The number of carbonyl (C=O) groups is 1. The van der Waals surface area contributed by atoms with Crippen molar-refractivity contribution in [3.05, 3.63) is 76.1 Å². The maximum absolute atomic E-state index is 12.7. The van der Waals surface area contributed by atoms with Crippen molar-refractivity contribution in [2.45, 2.75) is 37.6 Å². The predicted molar refractivity (Wildman–Crippen MR) is 130 cm³/mol. The molecule has 0 aliphatic heterocycles. The summed E-state index contributed by atoms with van der Waals surface area (Å²) >= 11 is 3.11. The van der Waals surface area contributed by atoms with Crippen molar-refractivity contribution in [3.63, 3.8) is 0 Å². The van der Waals surface area contributed by atoms with Gasteiger partial charge in [-0.3, -0.25) is 14.3 Å². The molecule has 1 atom stereocenters. The van der Waals surface area contributed by atoms with Gasteiger partial charge >= 0.3 is 0 Å². The first-order chi connectivity index (χ1) is 15.5. The Balaban J connectivity index is 1.58. The number of thiophene rings is 1. The van der Waals surface area contributed by atoms with Gasteiger partial charge in [-0.2, -0.15) is 0 Å². The third-order valence-corrected chi connectivity index (χ3v) is 7.00. The van der Waals surface area contributed by atoms with E-state index in [4.69, 9.17) is 0 Å². The zero-order chi connectivity index (χ0) is 22.5. The van der Waals surface area contributed by atoms with Crippen LogP contribution in [-0.2, 0) is 11.2 Å². The first kappa shape index (κ1) is 22.2. The van der Waals surface area contributed by atoms with Gasteiger partial charge in [-0.25, -0.2) is 0 Å². The highest BCUT2D eigenvalue weighted by molar-refractivity contribution is 8.00. The monoisotopic (exact) mass is 463 g/mol. The molecule has 8 heteroatoms. The zero-order valence-electron chi connectivity index (χ0n) is 18.3. The molecule has 3 aromatic heterocycles. The number of aryl methyl sites for hydroxylation is 2. The van der Waals surface area contributed by atoms with Crippen LogP contribution in [0.25, 0.3) is 17.2 Å². The number of pyridine rings is 1. The fourth-order valence-corrected chi connectivity index (χ4v) is 4.99. The van der Waals surface area contributed by atoms with Crippen molar-refractivity contribution in [3.8, 4) is 17.2 Å². The van der Waals surface area contributed by atoms with Crippen LogP contribution < -0.4 is 5.32 Å². The van der Waals surface area contributed by atoms with Crippen LogP contribution in [0.1, 0.15) is 22.9 Å². The number of rotatable bonds is 8. The van der Waals surface area contributed by atoms with Gasteiger partial charge in [0.25, 0.3) is 0 Å². The molecule has 1 amide bonds. The highest BCUT2D eigenvalue weighted by Crippen LogP contribution is 2.31. The van der Waals surface area contributed by atoms with Gasteiger partial charge in [-0.1, -0.05) is 41.6 Å². The smallest absolute Gasteiger partial charge is 0.233 e. The predicted octanol–water partition coefficient (Wildman–Crippen LogP) is 4.85. The lowest BCUT2D eigenvalue weighted by molar-refractivity contribution is -0.120. The van der Waals surface area contributed by atoms with Gasteiger partial charge in [-0.05, 0) is 62.4 Å². The molecule has 0 spiro atoms. The Labute approximate surface area is 196 Å². The summed E-state index contributed by atoms with van der Waals surface area (Å²) in [6.45, 7) is 6.65. The summed E-state index contributed by atoms with van der Waals surface area (Å²) in [5.41, 5.74) is 4.01. The maximum Gasteiger partial charge on any atom is 0.233 e. The van der Waals surface area contributed by atoms with Gasteiger partial charge in [0.1, 0.15) is 5.69 Å². The minimum atomic E-state index is -0.316. The second-order valence-electron chi connectivity index (χ2n) is 7.53. The molecule has 1 aromatic carbocycles. The molecule has 0 aliphatic carbocycles. The number of aromatic nitrogens is 4. The normalized spacial score (nSPS) is 12.0. The summed E-state index contributed by atoms with van der Waals surface area (Å²) in [5, 5.41) is 14.3. The van der Waals surface area contributed by atoms with Crippen LogP contribution in [0, 0.1) is 13.8 Å². The van der Waals surface area contributed by atoms with Crippen LogP contribution in [-0.4, -0.2) is 37.5 Å². The maximum atomic E-state index is 12.7. The lowest BCUT2D eigenvalue weighted by Crippen LogP contribution is -2.32. The number of benzene rings is 1. The number of hydrogen-bond donors (Lipinski definition) is 1. The van der Waals surface area contributed by atoms with Crippen molar-refractivity contribution in [2.24, 2.45) is 0 Å². The number of amides is 1. The molecule has 0 radical (unpaired) electrons. The summed E-state index contributed by atoms with van der Waals surface area (Å²) < 4.78 is 2.00. The molecule has 4 rings (SSSR count). The van der Waals surface area contributed by atoms with Crippen molar-refractivity contribution in [2.75, 3.05) is 6.54 Å². The number of nitrogens with one attached hydrogen (secondary N) is 1. The van der Waals surface area contributed by atoms with Crippen LogP contribution in [0.5, 0.6) is 0 Å². The molecule has 164 valence electrons. The fraction of sp³-hybridized carbons (Fsp3) is 0.250. The van der Waals surface area contributed by atoms with E-state index in [1.807, 2.05) is 35.8 Å². The molecule has 0 fully saturated rings. The largest absolute Gasteiger partial charge is 0.355 e. The Bertz CT molecular complexity index is 1190. The minimum absolute atomic E-state index is 0.0129. The number of nitrogens with zero attached hydrogens (tertiary/aromatic N) is 4. The van der Waals surface area contributed by atoms with E-state index in [-0.39, 0.29) is 11.2 Å². The summed E-state index contributed by atoms with van der Waals surface area (Å²) in [6.07, 6.45) is 2.58. The van der Waals surface area contributed by atoms with Gasteiger partial charge < -0.3 is 5.32 Å². The van der Waals surface area contributed by atoms with E-state index in [0.29, 0.717) is 17.5 Å². The van der Waals surface area contributed by atoms with Crippen LogP contribution in [0.15, 0.2) is 65.3 Å². The molecule has 1 N–H and O–H groups in total. The number of hydrogen-bond acceptors (Lipinski definition) is 6. The first-order valence-corrected chi connectivity index (χ1v) is 12.2. The lowest BCUT2D eigenvalue weighted by Gasteiger charge is -2.15. The van der Waals surface area contributed by atoms with Gasteiger partial charge in [0.2, 0.25) is 5.91 Å². The molecular weight excluding hydrogens is 438 g/mol. The molecule has 0 aliphatic rings. The zero-order valence-corrected chi connectivity index (χ0v) is 19.9. The van der Waals surface area contributed by atoms with E-state index in [0.717, 1.165) is 23.4 Å². The Hall–Kier alpha value is -2.97. The minimum Gasteiger partial charge on any atom is -0.355 e. The van der Waals surface area contributed by atoms with Gasteiger partial charge in [-0.15, -0.1) is 21.5 Å². The molecule has 0 saturated heterocycles. The third-order valence-electron chi connectivity index (χ3n) is 5.02. The summed E-state index contributed by atoms with van der Waals surface area (Å²) in [7, 11) is 0. The Morgan fingerprint density at radius 1 is 1.16 bits per heavy atom. The van der Waals surface area contributed by atoms with Crippen LogP contribution in [0.2, 0.25) is 0 Å². The van der Waals surface area contributed by atoms with Crippen molar-refractivity contribution >= 4 is 29.0 Å². The Kier molecular flexibility index (Phi) is 7.02. The van der Waals surface area contributed by atoms with Crippen molar-refractivity contribution in [1.82, 2.24) is 25.1 Å². The van der Waals surface area contributed by atoms with Crippen molar-refractivity contribution in [1.29, 1.82) is 0 Å². The van der Waals surface area contributed by atoms with E-state index in [9.17, 15) is 4.79 Å². The third kappa shape index (κ3) is 5.08. The van der Waals surface area contributed by atoms with Gasteiger partial charge in [0.05, 0.1) is 10.9 Å². The molecule has 1 unspecified atom stereocenters. The van der Waals surface area contributed by atoms with E-state index < -0.39 is 0 Å². The first-order valence-electron chi connectivity index (χ1n) is 10.4. The van der Waals surface area contributed by atoms with E-state index in [1.54, 1.807) is 17.5 Å². The van der Waals surface area contributed by atoms with E-state index >= 15 is 0 Å². The second kappa shape index (κ2) is 10.1. The summed E-state index contributed by atoms with van der Waals surface area (Å²) in [4.78, 5) is 18.4. The van der Waals surface area contributed by atoms with Gasteiger partial charge in [0.15, 0.2) is 11.0 Å². The highest BCUT2D eigenvalue weighted by atomic mass is 32.2. The Morgan fingerprint density at radius 2 is 2.03 bits per heavy atom. The molecule has 6 nitrogen and oxygen atoms in total. The van der Waals surface area contributed by atoms with Crippen molar-refractivity contribution < 1.29 is 4.79 Å². The fourth-order valence-electron chi connectivity index (χ4n) is 3.40. The molecular formula is C24H25N5OS2. The average molecular weight is 464 g/mol. The van der Waals surface area contributed by atoms with Crippen LogP contribution >= 0.6 is 23.1 Å². The SMILES string of the molecule is Cc1ccc(-n2c(SC(C)C(=O)NCCc3cccs3)nnc2-c2ccccn2)c(C)c1. The molecule has 3 heterocycles. The average Bonchev–Trinajstić information content (AvgIpc) is 3.45. The standard InChI is InChI=1S/C24H25N5OS2/c1-16-9-10-21(17(2)15-16)29-22(20-8-4-5-12-25-20)27-28-24(29)32-18(3)23(30)26-13-11-19-7-6-14-31-19/h4-10,12,14-15,18H,11,13H2,1-3H3,(H,26,30). The second-order valence-corrected chi connectivity index (χ2v) is 9.87. The van der Waals surface area contributed by atoms with Gasteiger partial charge in [0, 0.05) is 17.6 Å². The number of thioether (sulfide) groups is 1. The van der Waals surface area contributed by atoms with Crippen LogP contribution in [0.4, 0.5) is 0 Å². The molecule has 0 saturated carbocycles. The molecule has 0 bridgehead atoms. The quantitative estimate of drug-likeness (QED) is 0.378. The summed E-state index contributed by atoms with van der Waals surface area (Å²) in [5.74, 6) is 0.645. The number of carbonyl (C=O) groups excluding carboxylic acids is 1. The summed E-state index contributed by atoms with van der Waals surface area (Å²) in [6, 6.07) is 16.1. The Morgan fingerprint density at radius 3 is 2.75 bits per heavy atom. The molecule has 4 aromatic rings.